The van der Waals surface area contributed by atoms with E-state index in [1.165, 1.54) is 36.1 Å². The molecule has 4 rings (SSSR count). The molecular weight excluding hydrogens is 370 g/mol. The first-order valence-corrected chi connectivity index (χ1v) is 10.2. The second kappa shape index (κ2) is 7.72. The second-order valence-corrected chi connectivity index (χ2v) is 7.69. The summed E-state index contributed by atoms with van der Waals surface area (Å²) in [6.07, 6.45) is 11.5. The summed E-state index contributed by atoms with van der Waals surface area (Å²) >= 11 is 5.26. The summed E-state index contributed by atoms with van der Waals surface area (Å²) in [5.74, 6) is -0.850. The first-order valence-electron chi connectivity index (χ1n) is 9.74. The van der Waals surface area contributed by atoms with Crippen molar-refractivity contribution in [2.45, 2.75) is 45.1 Å². The fourth-order valence-electron chi connectivity index (χ4n) is 3.88. The van der Waals surface area contributed by atoms with Crippen LogP contribution in [0.4, 0.5) is 5.69 Å². The third kappa shape index (κ3) is 3.52. The molecule has 1 aromatic heterocycles. The number of aromatic nitrogens is 1. The quantitative estimate of drug-likeness (QED) is 0.485. The van der Waals surface area contributed by atoms with Crippen LogP contribution in [0, 0.1) is 0 Å². The Morgan fingerprint density at radius 3 is 2.54 bits per heavy atom. The highest BCUT2D eigenvalue weighted by Crippen LogP contribution is 2.30. The summed E-state index contributed by atoms with van der Waals surface area (Å²) in [6, 6.07) is 10.1. The lowest BCUT2D eigenvalue weighted by Crippen LogP contribution is -2.54. The van der Waals surface area contributed by atoms with E-state index in [2.05, 4.69) is 16.8 Å². The largest absolute Gasteiger partial charge is 0.351 e. The Morgan fingerprint density at radius 2 is 1.86 bits per heavy atom. The zero-order valence-electron chi connectivity index (χ0n) is 15.9. The van der Waals surface area contributed by atoms with Crippen molar-refractivity contribution in [3.8, 4) is 0 Å². The number of anilines is 1. The Morgan fingerprint density at radius 1 is 1.14 bits per heavy atom. The minimum atomic E-state index is -0.454. The Kier molecular flexibility index (Phi) is 5.13. The topological polar surface area (TPSA) is 54.3 Å². The molecule has 1 aromatic carbocycles. The van der Waals surface area contributed by atoms with Gasteiger partial charge < -0.3 is 4.57 Å². The molecule has 0 spiro atoms. The van der Waals surface area contributed by atoms with Crippen molar-refractivity contribution in [1.29, 1.82) is 0 Å². The van der Waals surface area contributed by atoms with E-state index in [-0.39, 0.29) is 10.7 Å². The predicted molar refractivity (Wildman–Crippen MR) is 114 cm³/mol. The zero-order chi connectivity index (χ0) is 19.7. The zero-order valence-corrected chi connectivity index (χ0v) is 16.7. The fraction of sp³-hybridized carbons (Fsp3) is 0.318. The number of rotatable bonds is 4. The van der Waals surface area contributed by atoms with Crippen molar-refractivity contribution in [1.82, 2.24) is 9.88 Å². The van der Waals surface area contributed by atoms with Gasteiger partial charge in [0.25, 0.3) is 11.8 Å². The molecule has 0 radical (unpaired) electrons. The highest BCUT2D eigenvalue weighted by Gasteiger charge is 2.34. The molecule has 1 saturated heterocycles. The van der Waals surface area contributed by atoms with Gasteiger partial charge in [0, 0.05) is 18.4 Å². The summed E-state index contributed by atoms with van der Waals surface area (Å²) < 4.78 is 2.19. The number of nitrogens with one attached hydrogen (secondary N) is 1. The van der Waals surface area contributed by atoms with Gasteiger partial charge in [-0.05, 0) is 66.9 Å². The van der Waals surface area contributed by atoms with Gasteiger partial charge in [-0.3, -0.25) is 19.8 Å². The molecule has 1 saturated carbocycles. The van der Waals surface area contributed by atoms with Gasteiger partial charge in [0.15, 0.2) is 5.11 Å². The van der Waals surface area contributed by atoms with E-state index in [1.54, 1.807) is 6.08 Å². The molecule has 28 heavy (non-hydrogen) atoms. The van der Waals surface area contributed by atoms with Crippen LogP contribution in [-0.4, -0.2) is 21.5 Å². The summed E-state index contributed by atoms with van der Waals surface area (Å²) in [7, 11) is 0. The Hall–Kier alpha value is -2.73. The Labute approximate surface area is 170 Å². The molecule has 2 aromatic rings. The van der Waals surface area contributed by atoms with Gasteiger partial charge in [0.2, 0.25) is 0 Å². The molecule has 2 aliphatic rings. The smallest absolute Gasteiger partial charge is 0.270 e. The number of benzene rings is 1. The van der Waals surface area contributed by atoms with E-state index < -0.39 is 11.8 Å². The molecule has 2 fully saturated rings. The lowest BCUT2D eigenvalue weighted by atomic mass is 10.1. The number of hydrogen-bond donors (Lipinski definition) is 1. The molecule has 1 aliphatic heterocycles. The van der Waals surface area contributed by atoms with E-state index in [1.807, 2.05) is 42.7 Å². The van der Waals surface area contributed by atoms with Gasteiger partial charge in [0.05, 0.1) is 5.69 Å². The average molecular weight is 394 g/mol. The SMILES string of the molecule is CCc1ccc(N2C(=O)/C(=C\c3ccn(C4CCCC4)c3)C(=O)NC2=S)cc1. The van der Waals surface area contributed by atoms with Crippen LogP contribution in [0.3, 0.4) is 0 Å². The van der Waals surface area contributed by atoms with Crippen LogP contribution in [0.2, 0.25) is 0 Å². The summed E-state index contributed by atoms with van der Waals surface area (Å²) in [5, 5.41) is 2.75. The van der Waals surface area contributed by atoms with E-state index >= 15 is 0 Å². The molecule has 2 heterocycles. The van der Waals surface area contributed by atoms with E-state index in [4.69, 9.17) is 12.2 Å². The number of carbonyl (C=O) groups excluding carboxylic acids is 2. The van der Waals surface area contributed by atoms with Gasteiger partial charge in [0.1, 0.15) is 5.57 Å². The van der Waals surface area contributed by atoms with E-state index in [9.17, 15) is 9.59 Å². The third-order valence-corrected chi connectivity index (χ3v) is 5.78. The van der Waals surface area contributed by atoms with Gasteiger partial charge in [-0.1, -0.05) is 31.9 Å². The van der Waals surface area contributed by atoms with Crippen LogP contribution in [-0.2, 0) is 16.0 Å². The van der Waals surface area contributed by atoms with Crippen molar-refractivity contribution in [3.63, 3.8) is 0 Å². The second-order valence-electron chi connectivity index (χ2n) is 7.31. The third-order valence-electron chi connectivity index (χ3n) is 5.50. The van der Waals surface area contributed by atoms with E-state index in [0.717, 1.165) is 12.0 Å². The Bertz CT molecular complexity index is 952. The lowest BCUT2D eigenvalue weighted by Gasteiger charge is -2.29. The lowest BCUT2D eigenvalue weighted by molar-refractivity contribution is -0.122. The van der Waals surface area contributed by atoms with Crippen molar-refractivity contribution >= 4 is 40.9 Å². The first-order chi connectivity index (χ1) is 13.6. The number of carbonyl (C=O) groups is 2. The molecule has 0 unspecified atom stereocenters. The average Bonchev–Trinajstić information content (AvgIpc) is 3.37. The van der Waals surface area contributed by atoms with Crippen molar-refractivity contribution in [3.05, 3.63) is 59.4 Å². The van der Waals surface area contributed by atoms with Crippen molar-refractivity contribution in [2.75, 3.05) is 4.90 Å². The molecule has 0 atom stereocenters. The number of thiocarbonyl (C=S) groups is 1. The molecule has 144 valence electrons. The molecule has 1 aliphatic carbocycles. The highest BCUT2D eigenvalue weighted by molar-refractivity contribution is 7.80. The maximum Gasteiger partial charge on any atom is 0.270 e. The van der Waals surface area contributed by atoms with Crippen LogP contribution in [0.25, 0.3) is 6.08 Å². The van der Waals surface area contributed by atoms with Crippen LogP contribution < -0.4 is 10.2 Å². The van der Waals surface area contributed by atoms with Crippen LogP contribution in [0.15, 0.2) is 48.3 Å². The maximum atomic E-state index is 13.1. The summed E-state index contributed by atoms with van der Waals surface area (Å²) in [6.45, 7) is 2.07. The van der Waals surface area contributed by atoms with Gasteiger partial charge in [-0.15, -0.1) is 0 Å². The number of amides is 2. The van der Waals surface area contributed by atoms with Crippen molar-refractivity contribution < 1.29 is 9.59 Å². The number of nitrogens with zero attached hydrogens (tertiary/aromatic N) is 2. The Balaban J connectivity index is 1.62. The van der Waals surface area contributed by atoms with Gasteiger partial charge in [-0.25, -0.2) is 0 Å². The van der Waals surface area contributed by atoms with E-state index in [0.29, 0.717) is 11.7 Å². The summed E-state index contributed by atoms with van der Waals surface area (Å²) in [5.41, 5.74) is 2.77. The summed E-state index contributed by atoms with van der Waals surface area (Å²) in [4.78, 5) is 26.9. The minimum Gasteiger partial charge on any atom is -0.351 e. The molecule has 0 bridgehead atoms. The number of hydrogen-bond acceptors (Lipinski definition) is 3. The fourth-order valence-corrected chi connectivity index (χ4v) is 4.17. The standard InChI is InChI=1S/C22H23N3O2S/c1-2-15-7-9-18(10-8-15)25-21(27)19(20(26)23-22(25)28)13-16-11-12-24(14-16)17-5-3-4-6-17/h7-14,17H,2-6H2,1H3,(H,23,26,28)/b19-13-. The van der Waals surface area contributed by atoms with Crippen LogP contribution in [0.5, 0.6) is 0 Å². The monoisotopic (exact) mass is 393 g/mol. The minimum absolute atomic E-state index is 0.0948. The normalized spacial score (nSPS) is 19.5. The van der Waals surface area contributed by atoms with Gasteiger partial charge in [-0.2, -0.15) is 0 Å². The number of aryl methyl sites for hydroxylation is 1. The highest BCUT2D eigenvalue weighted by atomic mass is 32.1. The molecule has 1 N–H and O–H groups in total. The molecule has 2 amide bonds. The van der Waals surface area contributed by atoms with Crippen LogP contribution in [0.1, 0.15) is 49.8 Å². The molecular formula is C22H23N3O2S. The van der Waals surface area contributed by atoms with Gasteiger partial charge >= 0.3 is 0 Å². The van der Waals surface area contributed by atoms with Crippen molar-refractivity contribution in [2.24, 2.45) is 0 Å². The van der Waals surface area contributed by atoms with Crippen LogP contribution >= 0.6 is 12.2 Å². The molecule has 5 nitrogen and oxygen atoms in total. The predicted octanol–water partition coefficient (Wildman–Crippen LogP) is 4.00. The first kappa shape index (κ1) is 18.6. The molecule has 6 heteroatoms. The maximum absolute atomic E-state index is 13.1.